The lowest BCUT2D eigenvalue weighted by molar-refractivity contribution is -0.0462. The summed E-state index contributed by atoms with van der Waals surface area (Å²) in [6.45, 7) is 7.46. The highest BCUT2D eigenvalue weighted by molar-refractivity contribution is 5.50. The van der Waals surface area contributed by atoms with Gasteiger partial charge in [-0.2, -0.15) is 0 Å². The highest BCUT2D eigenvalue weighted by atomic mass is 16.5. The third kappa shape index (κ3) is 2.70. The van der Waals surface area contributed by atoms with Gasteiger partial charge in [-0.25, -0.2) is 0 Å². The summed E-state index contributed by atoms with van der Waals surface area (Å²) in [5.41, 5.74) is 1.06. The maximum Gasteiger partial charge on any atom is 0.166 e. The minimum atomic E-state index is -0.493. The standard InChI is InChI=1S/C18H27NO3/c1-4-21-16-10-6-9-14-17(15(20)11-22-18(14)16)19-12(2)7-5-8-13(19)3/h6,9-10,12-13,15,17,20H,4-5,7-8,11H2,1-3H3. The predicted molar refractivity (Wildman–Crippen MR) is 86.5 cm³/mol. The summed E-state index contributed by atoms with van der Waals surface area (Å²) in [7, 11) is 0. The van der Waals surface area contributed by atoms with E-state index in [1.54, 1.807) is 0 Å². The van der Waals surface area contributed by atoms with Gasteiger partial charge in [-0.15, -0.1) is 0 Å². The molecule has 1 aromatic rings. The second-order valence-corrected chi connectivity index (χ2v) is 6.51. The third-order valence-corrected chi connectivity index (χ3v) is 4.97. The number of piperidine rings is 1. The molecule has 0 radical (unpaired) electrons. The summed E-state index contributed by atoms with van der Waals surface area (Å²) < 4.78 is 11.5. The SMILES string of the molecule is CCOc1cccc2c1OCC(O)C2N1C(C)CCCC1C. The quantitative estimate of drug-likeness (QED) is 0.931. The van der Waals surface area contributed by atoms with E-state index >= 15 is 0 Å². The van der Waals surface area contributed by atoms with Crippen molar-refractivity contribution in [1.29, 1.82) is 0 Å². The molecule has 0 amide bonds. The molecule has 122 valence electrons. The normalized spacial score (nSPS) is 32.2. The number of nitrogens with zero attached hydrogens (tertiary/aromatic N) is 1. The van der Waals surface area contributed by atoms with Gasteiger partial charge in [0, 0.05) is 17.6 Å². The van der Waals surface area contributed by atoms with E-state index in [9.17, 15) is 5.11 Å². The fourth-order valence-electron chi connectivity index (χ4n) is 4.01. The zero-order valence-electron chi connectivity index (χ0n) is 13.8. The second kappa shape index (κ2) is 6.47. The number of benzene rings is 1. The number of aliphatic hydroxyl groups is 1. The third-order valence-electron chi connectivity index (χ3n) is 4.97. The van der Waals surface area contributed by atoms with Crippen LogP contribution in [0, 0.1) is 0 Å². The first-order valence-electron chi connectivity index (χ1n) is 8.47. The molecule has 2 aliphatic rings. The number of rotatable bonds is 3. The van der Waals surface area contributed by atoms with Crippen LogP contribution in [0.15, 0.2) is 18.2 Å². The van der Waals surface area contributed by atoms with Crippen LogP contribution in [0.3, 0.4) is 0 Å². The lowest BCUT2D eigenvalue weighted by Crippen LogP contribution is -2.51. The zero-order valence-corrected chi connectivity index (χ0v) is 13.8. The predicted octanol–water partition coefficient (Wildman–Crippen LogP) is 3.14. The van der Waals surface area contributed by atoms with E-state index in [1.165, 1.54) is 19.3 Å². The molecule has 4 nitrogen and oxygen atoms in total. The van der Waals surface area contributed by atoms with Gasteiger partial charge in [0.15, 0.2) is 11.5 Å². The molecule has 1 saturated heterocycles. The number of likely N-dealkylation sites (tertiary alicyclic amines) is 1. The molecule has 0 aliphatic carbocycles. The molecule has 1 fully saturated rings. The van der Waals surface area contributed by atoms with Gasteiger partial charge in [-0.3, -0.25) is 4.90 Å². The Hall–Kier alpha value is -1.26. The topological polar surface area (TPSA) is 41.9 Å². The van der Waals surface area contributed by atoms with E-state index in [0.717, 1.165) is 17.1 Å². The van der Waals surface area contributed by atoms with Gasteiger partial charge >= 0.3 is 0 Å². The zero-order chi connectivity index (χ0) is 15.7. The Morgan fingerprint density at radius 3 is 2.68 bits per heavy atom. The van der Waals surface area contributed by atoms with Crippen LogP contribution in [0.2, 0.25) is 0 Å². The van der Waals surface area contributed by atoms with E-state index in [4.69, 9.17) is 9.47 Å². The molecular weight excluding hydrogens is 278 g/mol. The monoisotopic (exact) mass is 305 g/mol. The van der Waals surface area contributed by atoms with Crippen LogP contribution in [-0.4, -0.2) is 41.4 Å². The van der Waals surface area contributed by atoms with Crippen LogP contribution in [0.4, 0.5) is 0 Å². The van der Waals surface area contributed by atoms with Crippen LogP contribution in [0.5, 0.6) is 11.5 Å². The van der Waals surface area contributed by atoms with Gasteiger partial charge in [-0.05, 0) is 39.7 Å². The number of hydrogen-bond acceptors (Lipinski definition) is 4. The number of hydrogen-bond donors (Lipinski definition) is 1. The summed E-state index contributed by atoms with van der Waals surface area (Å²) in [5.74, 6) is 1.60. The minimum Gasteiger partial charge on any atom is -0.490 e. The maximum atomic E-state index is 10.6. The highest BCUT2D eigenvalue weighted by Gasteiger charge is 2.40. The minimum absolute atomic E-state index is 0.00513. The molecule has 3 rings (SSSR count). The van der Waals surface area contributed by atoms with Gasteiger partial charge < -0.3 is 14.6 Å². The molecule has 2 heterocycles. The summed E-state index contributed by atoms with van der Waals surface area (Å²) in [5, 5.41) is 10.6. The first-order chi connectivity index (χ1) is 10.6. The van der Waals surface area contributed by atoms with Crippen LogP contribution in [-0.2, 0) is 0 Å². The highest BCUT2D eigenvalue weighted by Crippen LogP contribution is 2.44. The molecule has 0 saturated carbocycles. The average molecular weight is 305 g/mol. The van der Waals surface area contributed by atoms with Crippen molar-refractivity contribution >= 4 is 0 Å². The molecular formula is C18H27NO3. The van der Waals surface area contributed by atoms with E-state index in [1.807, 2.05) is 19.1 Å². The largest absolute Gasteiger partial charge is 0.490 e. The van der Waals surface area contributed by atoms with Crippen molar-refractivity contribution in [1.82, 2.24) is 4.90 Å². The number of aliphatic hydroxyl groups excluding tert-OH is 1. The molecule has 0 aromatic heterocycles. The molecule has 2 aliphatic heterocycles. The van der Waals surface area contributed by atoms with Gasteiger partial charge in [0.1, 0.15) is 12.7 Å². The first-order valence-corrected chi connectivity index (χ1v) is 8.47. The Balaban J connectivity index is 2.00. The summed E-state index contributed by atoms with van der Waals surface area (Å²) in [6, 6.07) is 6.96. The van der Waals surface area contributed by atoms with Gasteiger partial charge in [0.25, 0.3) is 0 Å². The van der Waals surface area contributed by atoms with Crippen molar-refractivity contribution in [3.8, 4) is 11.5 Å². The Kier molecular flexibility index (Phi) is 4.59. The molecule has 22 heavy (non-hydrogen) atoms. The fourth-order valence-corrected chi connectivity index (χ4v) is 4.01. The summed E-state index contributed by atoms with van der Waals surface area (Å²) in [4.78, 5) is 2.48. The number of fused-ring (bicyclic) bond motifs is 1. The maximum absolute atomic E-state index is 10.6. The van der Waals surface area contributed by atoms with Crippen LogP contribution >= 0.6 is 0 Å². The molecule has 4 heteroatoms. The molecule has 4 unspecified atom stereocenters. The molecule has 1 N–H and O–H groups in total. The van der Waals surface area contributed by atoms with Gasteiger partial charge in [0.05, 0.1) is 12.6 Å². The summed E-state index contributed by atoms with van der Waals surface area (Å²) in [6.07, 6.45) is 3.15. The lowest BCUT2D eigenvalue weighted by Gasteiger charge is -2.47. The van der Waals surface area contributed by atoms with Crippen molar-refractivity contribution in [2.24, 2.45) is 0 Å². The number of ether oxygens (including phenoxy) is 2. The van der Waals surface area contributed by atoms with Crippen LogP contribution in [0.25, 0.3) is 0 Å². The van der Waals surface area contributed by atoms with Gasteiger partial charge in [0.2, 0.25) is 0 Å². The molecule has 0 spiro atoms. The molecule has 0 bridgehead atoms. The molecule has 1 aromatic carbocycles. The van der Waals surface area contributed by atoms with Crippen LogP contribution in [0.1, 0.15) is 51.6 Å². The Morgan fingerprint density at radius 2 is 2.00 bits per heavy atom. The van der Waals surface area contributed by atoms with Crippen molar-refractivity contribution < 1.29 is 14.6 Å². The second-order valence-electron chi connectivity index (χ2n) is 6.51. The first kappa shape index (κ1) is 15.6. The van der Waals surface area contributed by atoms with Crippen molar-refractivity contribution in [2.45, 2.75) is 64.3 Å². The van der Waals surface area contributed by atoms with Crippen molar-refractivity contribution in [3.05, 3.63) is 23.8 Å². The molecule has 4 atom stereocenters. The average Bonchev–Trinajstić information content (AvgIpc) is 2.49. The van der Waals surface area contributed by atoms with E-state index < -0.39 is 6.10 Å². The Bertz CT molecular complexity index is 509. The summed E-state index contributed by atoms with van der Waals surface area (Å²) >= 11 is 0. The van der Waals surface area contributed by atoms with E-state index in [-0.39, 0.29) is 6.04 Å². The number of para-hydroxylation sites is 1. The fraction of sp³-hybridized carbons (Fsp3) is 0.667. The smallest absolute Gasteiger partial charge is 0.166 e. The van der Waals surface area contributed by atoms with Crippen LogP contribution < -0.4 is 9.47 Å². The Morgan fingerprint density at radius 1 is 1.27 bits per heavy atom. The van der Waals surface area contributed by atoms with Crippen molar-refractivity contribution in [3.63, 3.8) is 0 Å². The van der Waals surface area contributed by atoms with E-state index in [2.05, 4.69) is 24.8 Å². The Labute approximate surface area is 133 Å². The van der Waals surface area contributed by atoms with Crippen molar-refractivity contribution in [2.75, 3.05) is 13.2 Å². The van der Waals surface area contributed by atoms with Gasteiger partial charge in [-0.1, -0.05) is 18.6 Å². The van der Waals surface area contributed by atoms with E-state index in [0.29, 0.717) is 25.3 Å². The lowest BCUT2D eigenvalue weighted by atomic mass is 9.88.